The van der Waals surface area contributed by atoms with E-state index >= 15 is 0 Å². The summed E-state index contributed by atoms with van der Waals surface area (Å²) in [5, 5.41) is 8.89. The van der Waals surface area contributed by atoms with Gasteiger partial charge in [-0.3, -0.25) is 0 Å². The molecular formula is C18H19KN2O3S3Y2-2. The van der Waals surface area contributed by atoms with Gasteiger partial charge in [0.1, 0.15) is 0 Å². The molecule has 0 atom stereocenters. The fraction of sp³-hybridized carbons (Fsp3) is 0.222. The van der Waals surface area contributed by atoms with Gasteiger partial charge in [0, 0.05) is 81.1 Å². The Kier molecular flexibility index (Phi) is 23.3. The van der Waals surface area contributed by atoms with Gasteiger partial charge in [-0.2, -0.15) is 23.3 Å². The summed E-state index contributed by atoms with van der Waals surface area (Å²) in [6.07, 6.45) is 0. The van der Waals surface area contributed by atoms with Crippen LogP contribution in [0.15, 0.2) is 28.7 Å². The number of nitrogens with one attached hydrogen (secondary N) is 1. The zero-order valence-corrected chi connectivity index (χ0v) is 28.0. The molecule has 146 valence electrons. The molecular weight excluding hydrogens is 605 g/mol. The molecule has 0 saturated carbocycles. The zero-order valence-electron chi connectivity index (χ0n) is 16.7. The number of phenolic OH excluding ortho intramolecular Hbond substituents is 1. The minimum absolute atomic E-state index is 0. The number of aromatic amines is 1. The monoisotopic (exact) mass is 624 g/mol. The molecule has 0 aliphatic rings. The molecule has 0 spiro atoms. The molecule has 0 unspecified atom stereocenters. The van der Waals surface area contributed by atoms with E-state index in [1.165, 1.54) is 6.07 Å². The van der Waals surface area contributed by atoms with Crippen LogP contribution in [-0.2, 0) is 82.8 Å². The predicted octanol–water partition coefficient (Wildman–Crippen LogP) is 1.54. The third-order valence-corrected chi connectivity index (χ3v) is 3.28. The maximum atomic E-state index is 8.89. The molecule has 2 radical (unpaired) electrons. The number of aromatic hydroxyl groups is 1. The molecule has 29 heavy (non-hydrogen) atoms. The summed E-state index contributed by atoms with van der Waals surface area (Å²) in [5.41, 5.74) is 9.47. The van der Waals surface area contributed by atoms with E-state index in [0.29, 0.717) is 17.1 Å². The van der Waals surface area contributed by atoms with Gasteiger partial charge in [-0.05, 0) is 30.3 Å². The Morgan fingerprint density at radius 3 is 2.24 bits per heavy atom. The molecule has 3 rings (SSSR count). The Balaban J connectivity index is -0.000000347. The van der Waals surface area contributed by atoms with Gasteiger partial charge in [0.05, 0.1) is 6.61 Å². The van der Waals surface area contributed by atoms with Crippen molar-refractivity contribution in [2.45, 2.75) is 20.8 Å². The molecule has 0 aliphatic carbocycles. The third kappa shape index (κ3) is 15.2. The summed E-state index contributed by atoms with van der Waals surface area (Å²) in [4.78, 5) is 3.34. The number of anilines is 1. The number of aryl methyl sites for hydroxylation is 2. The smallest absolute Gasteiger partial charge is 0.564 e. The molecule has 0 bridgehead atoms. The number of H-pyrrole nitrogens is 1. The number of fused-ring (bicyclic) bond motifs is 1. The number of oxazole rings is 1. The van der Waals surface area contributed by atoms with Crippen LogP contribution in [0.3, 0.4) is 0 Å². The number of aromatic nitrogens is 1. The van der Waals surface area contributed by atoms with Crippen molar-refractivity contribution < 1.29 is 131 Å². The molecule has 11 heteroatoms. The molecule has 2 aromatic carbocycles. The van der Waals surface area contributed by atoms with Crippen molar-refractivity contribution in [3.8, 4) is 5.75 Å². The van der Waals surface area contributed by atoms with Gasteiger partial charge in [0.15, 0.2) is 0 Å². The van der Waals surface area contributed by atoms with Crippen molar-refractivity contribution in [1.82, 2.24) is 4.98 Å². The summed E-state index contributed by atoms with van der Waals surface area (Å²) in [6, 6.07) is 12.7. The van der Waals surface area contributed by atoms with Crippen LogP contribution in [0, 0.1) is 30.8 Å². The first-order valence-corrected chi connectivity index (χ1v) is 8.77. The van der Waals surface area contributed by atoms with Gasteiger partial charge in [-0.15, -0.1) is 24.3 Å². The topological polar surface area (TPSA) is 84.4 Å². The zero-order chi connectivity index (χ0) is 19.7. The van der Waals surface area contributed by atoms with Crippen LogP contribution >= 0.6 is 24.4 Å². The molecule has 1 aromatic heterocycles. The van der Waals surface area contributed by atoms with E-state index in [4.69, 9.17) is 27.5 Å². The van der Waals surface area contributed by atoms with Crippen LogP contribution in [0.5, 0.6) is 5.75 Å². The Morgan fingerprint density at radius 1 is 1.24 bits per heavy atom. The largest absolute Gasteiger partial charge is 1.00 e. The van der Waals surface area contributed by atoms with Crippen molar-refractivity contribution in [3.05, 3.63) is 52.4 Å². The number of rotatable bonds is 1. The number of thiocarbonyl (C=S) groups is 1. The van der Waals surface area contributed by atoms with Gasteiger partial charge >= 0.3 is 51.4 Å². The normalized spacial score (nSPS) is 8.52. The van der Waals surface area contributed by atoms with E-state index in [1.807, 2.05) is 26.8 Å². The first-order chi connectivity index (χ1) is 12.2. The van der Waals surface area contributed by atoms with E-state index in [0.717, 1.165) is 22.2 Å². The predicted molar refractivity (Wildman–Crippen MR) is 113 cm³/mol. The van der Waals surface area contributed by atoms with Crippen molar-refractivity contribution in [3.63, 3.8) is 0 Å². The third-order valence-electron chi connectivity index (χ3n) is 2.86. The summed E-state index contributed by atoms with van der Waals surface area (Å²) >= 11 is 13.6. The molecule has 0 saturated heterocycles. The SMILES string of the molecule is CCOC(=S)[S-].Cc1[c-]cc(O)c(N)c1.Cc1[c-]cc2oc(=S)[nH]c2c1.[K+].[Y].[Y]. The maximum absolute atomic E-state index is 8.89. The summed E-state index contributed by atoms with van der Waals surface area (Å²) in [5.74, 6) is 0.0978. The van der Waals surface area contributed by atoms with Crippen LogP contribution in [0.2, 0.25) is 0 Å². The summed E-state index contributed by atoms with van der Waals surface area (Å²) in [6.45, 7) is 6.28. The standard InChI is InChI=1S/C8H6NOS.C7H8NO.C3H6OS2.K.2Y/c1-5-2-3-7-6(4-5)9-8(11)10-7;1-5-2-3-7(9)6(8)4-5;1-2-4-3(5)6;;;/h3-4H,1H3,(H,9,11);3-4,9H,8H2,1H3;2H2,1H3,(H,5,6);;;/q2*-1;;+1;;/p-1. The first kappa shape index (κ1) is 35.3. The number of phenols is 1. The number of hydrogen-bond acceptors (Lipinski definition) is 7. The van der Waals surface area contributed by atoms with Gasteiger partial charge < -0.3 is 49.8 Å². The van der Waals surface area contributed by atoms with Crippen LogP contribution in [0.4, 0.5) is 5.69 Å². The van der Waals surface area contributed by atoms with E-state index in [2.05, 4.69) is 46.7 Å². The quantitative estimate of drug-likeness (QED) is 0.0947. The number of ether oxygens (including phenoxy) is 1. The van der Waals surface area contributed by atoms with Crippen LogP contribution in [0.25, 0.3) is 11.1 Å². The Bertz CT molecular complexity index is 936. The number of benzene rings is 2. The van der Waals surface area contributed by atoms with Gasteiger partial charge in [-0.1, -0.05) is 13.8 Å². The molecule has 5 nitrogen and oxygen atoms in total. The fourth-order valence-electron chi connectivity index (χ4n) is 1.74. The average molecular weight is 624 g/mol. The number of nitrogens with two attached hydrogens (primary N) is 1. The minimum atomic E-state index is 0. The molecule has 0 amide bonds. The van der Waals surface area contributed by atoms with Crippen LogP contribution < -0.4 is 57.1 Å². The van der Waals surface area contributed by atoms with Crippen molar-refractivity contribution in [2.24, 2.45) is 0 Å². The Morgan fingerprint density at radius 2 is 1.79 bits per heavy atom. The number of hydrogen-bond donors (Lipinski definition) is 3. The van der Waals surface area contributed by atoms with E-state index in [9.17, 15) is 0 Å². The van der Waals surface area contributed by atoms with Crippen molar-refractivity contribution in [1.29, 1.82) is 0 Å². The summed E-state index contributed by atoms with van der Waals surface area (Å²) in [7, 11) is 0. The second-order valence-electron chi connectivity index (χ2n) is 5.05. The second-order valence-corrected chi connectivity index (χ2v) is 6.42. The molecule has 4 N–H and O–H groups in total. The summed E-state index contributed by atoms with van der Waals surface area (Å²) < 4.78 is 9.94. The van der Waals surface area contributed by atoms with Crippen molar-refractivity contribution in [2.75, 3.05) is 12.3 Å². The minimum Gasteiger partial charge on any atom is -0.564 e. The van der Waals surface area contributed by atoms with Gasteiger partial charge in [-0.25, -0.2) is 0 Å². The Labute approximate surface area is 280 Å². The maximum Gasteiger partial charge on any atom is 1.00 e. The van der Waals surface area contributed by atoms with Crippen LogP contribution in [0.1, 0.15) is 18.1 Å². The molecule has 0 fully saturated rings. The fourth-order valence-corrected chi connectivity index (χ4v) is 2.17. The van der Waals surface area contributed by atoms with Crippen molar-refractivity contribution >= 4 is 58.2 Å². The Hall–Kier alpha value is 1.68. The first-order valence-electron chi connectivity index (χ1n) is 7.54. The average Bonchev–Trinajstić information content (AvgIpc) is 2.91. The van der Waals surface area contributed by atoms with E-state index in [-0.39, 0.29) is 127 Å². The van der Waals surface area contributed by atoms with E-state index < -0.39 is 0 Å². The second kappa shape index (κ2) is 19.2. The van der Waals surface area contributed by atoms with Gasteiger partial charge in [0.2, 0.25) is 0 Å². The van der Waals surface area contributed by atoms with E-state index in [1.54, 1.807) is 12.1 Å². The molecule has 1 heterocycles. The van der Waals surface area contributed by atoms with Gasteiger partial charge in [0.25, 0.3) is 4.84 Å². The molecule has 0 aliphatic heterocycles. The number of nitrogen functional groups attached to an aromatic ring is 1. The van der Waals surface area contributed by atoms with Crippen LogP contribution in [-0.4, -0.2) is 21.1 Å². The molecule has 3 aromatic rings.